The molecular weight excluding hydrogens is 387 g/mol. The number of carbonyl (C=O) groups is 1. The van der Waals surface area contributed by atoms with Crippen LogP contribution in [0.15, 0.2) is 58.1 Å². The summed E-state index contributed by atoms with van der Waals surface area (Å²) < 4.78 is 15.0. The standard InChI is InChI=1S/C19H16ClFN4O3/c1-2-22-17(26)16-18(27)24(11-12-3-7-14(21)8-4-12)19(28)25(23-16)15-9-5-13(20)6-10-15/h3-10H,2,11H2,1H3,(H,22,26). The molecule has 2 aromatic carbocycles. The van der Waals surface area contributed by atoms with Gasteiger partial charge in [-0.2, -0.15) is 9.78 Å². The van der Waals surface area contributed by atoms with Gasteiger partial charge in [-0.1, -0.05) is 23.7 Å². The molecule has 28 heavy (non-hydrogen) atoms. The number of hydrogen-bond donors (Lipinski definition) is 1. The third-order valence-electron chi connectivity index (χ3n) is 3.94. The Hall–Kier alpha value is -3.26. The van der Waals surface area contributed by atoms with Gasteiger partial charge in [0.25, 0.3) is 11.5 Å². The van der Waals surface area contributed by atoms with E-state index >= 15 is 0 Å². The van der Waals surface area contributed by atoms with Gasteiger partial charge in [0.15, 0.2) is 0 Å². The lowest BCUT2D eigenvalue weighted by atomic mass is 10.2. The van der Waals surface area contributed by atoms with Crippen LogP contribution in [0.2, 0.25) is 5.02 Å². The van der Waals surface area contributed by atoms with Gasteiger partial charge in [-0.3, -0.25) is 14.2 Å². The Morgan fingerprint density at radius 3 is 2.36 bits per heavy atom. The maximum absolute atomic E-state index is 13.1. The van der Waals surface area contributed by atoms with Crippen LogP contribution in [0.3, 0.4) is 0 Å². The maximum atomic E-state index is 13.1. The van der Waals surface area contributed by atoms with Gasteiger partial charge in [0.1, 0.15) is 5.82 Å². The summed E-state index contributed by atoms with van der Waals surface area (Å²) in [7, 11) is 0. The number of carbonyl (C=O) groups excluding carboxylic acids is 1. The number of rotatable bonds is 5. The number of benzene rings is 2. The normalized spacial score (nSPS) is 10.7. The van der Waals surface area contributed by atoms with Gasteiger partial charge < -0.3 is 5.32 Å². The molecule has 0 unspecified atom stereocenters. The summed E-state index contributed by atoms with van der Waals surface area (Å²) in [6.45, 7) is 1.85. The number of halogens is 2. The maximum Gasteiger partial charge on any atom is 0.352 e. The second-order valence-electron chi connectivity index (χ2n) is 5.90. The smallest absolute Gasteiger partial charge is 0.351 e. The second kappa shape index (κ2) is 8.18. The SMILES string of the molecule is CCNC(=O)c1nn(-c2ccc(Cl)cc2)c(=O)n(Cc2ccc(F)cc2)c1=O. The van der Waals surface area contributed by atoms with Crippen LogP contribution in [0.4, 0.5) is 4.39 Å². The zero-order valence-electron chi connectivity index (χ0n) is 14.9. The lowest BCUT2D eigenvalue weighted by molar-refractivity contribution is 0.0946. The first-order valence-electron chi connectivity index (χ1n) is 8.43. The van der Waals surface area contributed by atoms with Crippen molar-refractivity contribution in [1.29, 1.82) is 0 Å². The van der Waals surface area contributed by atoms with Gasteiger partial charge in [0, 0.05) is 11.6 Å². The Labute approximate surface area is 164 Å². The molecule has 0 spiro atoms. The van der Waals surface area contributed by atoms with Crippen molar-refractivity contribution in [3.05, 3.63) is 91.5 Å². The van der Waals surface area contributed by atoms with Crippen LogP contribution >= 0.6 is 11.6 Å². The van der Waals surface area contributed by atoms with Gasteiger partial charge >= 0.3 is 5.69 Å². The predicted octanol–water partition coefficient (Wildman–Crippen LogP) is 1.98. The van der Waals surface area contributed by atoms with Crippen LogP contribution in [0, 0.1) is 5.82 Å². The predicted molar refractivity (Wildman–Crippen MR) is 103 cm³/mol. The molecule has 0 saturated heterocycles. The molecule has 0 radical (unpaired) electrons. The summed E-state index contributed by atoms with van der Waals surface area (Å²) in [6.07, 6.45) is 0. The van der Waals surface area contributed by atoms with Crippen molar-refractivity contribution in [1.82, 2.24) is 19.7 Å². The van der Waals surface area contributed by atoms with E-state index < -0.39 is 28.7 Å². The molecule has 1 amide bonds. The van der Waals surface area contributed by atoms with Crippen molar-refractivity contribution in [3.8, 4) is 5.69 Å². The highest BCUT2D eigenvalue weighted by atomic mass is 35.5. The van der Waals surface area contributed by atoms with Crippen LogP contribution in [0.25, 0.3) is 5.69 Å². The van der Waals surface area contributed by atoms with Gasteiger partial charge in [-0.15, -0.1) is 0 Å². The number of nitrogens with zero attached hydrogens (tertiary/aromatic N) is 3. The van der Waals surface area contributed by atoms with Crippen LogP contribution in [-0.2, 0) is 6.54 Å². The summed E-state index contributed by atoms with van der Waals surface area (Å²) in [5, 5.41) is 6.93. The molecule has 0 aliphatic carbocycles. The molecule has 1 heterocycles. The lowest BCUT2D eigenvalue weighted by Crippen LogP contribution is -2.46. The van der Waals surface area contributed by atoms with Gasteiger partial charge in [0.2, 0.25) is 5.69 Å². The van der Waals surface area contributed by atoms with Crippen LogP contribution in [0.1, 0.15) is 23.0 Å². The summed E-state index contributed by atoms with van der Waals surface area (Å²) in [5.41, 5.74) is -1.11. The van der Waals surface area contributed by atoms with E-state index in [9.17, 15) is 18.8 Å². The minimum Gasteiger partial charge on any atom is -0.351 e. The van der Waals surface area contributed by atoms with E-state index in [1.807, 2.05) is 0 Å². The number of hydrogen-bond acceptors (Lipinski definition) is 4. The summed E-state index contributed by atoms with van der Waals surface area (Å²) in [6, 6.07) is 11.6. The molecule has 0 atom stereocenters. The molecule has 3 aromatic rings. The zero-order valence-corrected chi connectivity index (χ0v) is 15.6. The quantitative estimate of drug-likeness (QED) is 0.707. The average molecular weight is 403 g/mol. The molecular formula is C19H16ClFN4O3. The molecule has 3 rings (SSSR count). The van der Waals surface area contributed by atoms with E-state index in [1.165, 1.54) is 24.3 Å². The Balaban J connectivity index is 2.20. The van der Waals surface area contributed by atoms with Gasteiger partial charge in [0.05, 0.1) is 12.2 Å². The monoisotopic (exact) mass is 402 g/mol. The van der Waals surface area contributed by atoms with E-state index in [2.05, 4.69) is 10.4 Å². The Bertz CT molecular complexity index is 1120. The molecule has 1 N–H and O–H groups in total. The van der Waals surface area contributed by atoms with Crippen LogP contribution in [-0.4, -0.2) is 26.8 Å². The minimum absolute atomic E-state index is 0.138. The number of amides is 1. The Morgan fingerprint density at radius 2 is 1.75 bits per heavy atom. The first-order chi connectivity index (χ1) is 13.4. The number of aromatic nitrogens is 3. The van der Waals surface area contributed by atoms with Gasteiger partial charge in [-0.05, 0) is 48.9 Å². The molecule has 0 aliphatic rings. The molecule has 0 saturated carbocycles. The first kappa shape index (κ1) is 19.5. The summed E-state index contributed by atoms with van der Waals surface area (Å²) in [5.74, 6) is -1.13. The molecule has 0 aliphatic heterocycles. The fourth-order valence-electron chi connectivity index (χ4n) is 2.56. The first-order valence-corrected chi connectivity index (χ1v) is 8.81. The highest BCUT2D eigenvalue weighted by Crippen LogP contribution is 2.11. The van der Waals surface area contributed by atoms with Crippen molar-refractivity contribution in [2.24, 2.45) is 0 Å². The molecule has 1 aromatic heterocycles. The van der Waals surface area contributed by atoms with E-state index in [4.69, 9.17) is 11.6 Å². The van der Waals surface area contributed by atoms with E-state index in [1.54, 1.807) is 31.2 Å². The molecule has 7 nitrogen and oxygen atoms in total. The molecule has 0 fully saturated rings. The zero-order chi connectivity index (χ0) is 20.3. The topological polar surface area (TPSA) is 86.0 Å². The summed E-state index contributed by atoms with van der Waals surface area (Å²) >= 11 is 5.88. The van der Waals surface area contributed by atoms with Crippen LogP contribution in [0.5, 0.6) is 0 Å². The van der Waals surface area contributed by atoms with Crippen molar-refractivity contribution >= 4 is 17.5 Å². The third-order valence-corrected chi connectivity index (χ3v) is 4.19. The highest BCUT2D eigenvalue weighted by Gasteiger charge is 2.20. The largest absolute Gasteiger partial charge is 0.352 e. The molecule has 144 valence electrons. The fraction of sp³-hybridized carbons (Fsp3) is 0.158. The van der Waals surface area contributed by atoms with E-state index in [0.29, 0.717) is 16.3 Å². The summed E-state index contributed by atoms with van der Waals surface area (Å²) in [4.78, 5) is 37.9. The van der Waals surface area contributed by atoms with Crippen molar-refractivity contribution in [2.75, 3.05) is 6.54 Å². The van der Waals surface area contributed by atoms with E-state index in [0.717, 1.165) is 9.25 Å². The second-order valence-corrected chi connectivity index (χ2v) is 6.33. The van der Waals surface area contributed by atoms with Gasteiger partial charge in [-0.25, -0.2) is 9.18 Å². The fourth-order valence-corrected chi connectivity index (χ4v) is 2.69. The lowest BCUT2D eigenvalue weighted by Gasteiger charge is -2.12. The van der Waals surface area contributed by atoms with Crippen molar-refractivity contribution < 1.29 is 9.18 Å². The van der Waals surface area contributed by atoms with Crippen molar-refractivity contribution in [2.45, 2.75) is 13.5 Å². The van der Waals surface area contributed by atoms with Crippen LogP contribution < -0.4 is 16.6 Å². The average Bonchev–Trinajstić information content (AvgIpc) is 2.68. The van der Waals surface area contributed by atoms with E-state index in [-0.39, 0.29) is 13.1 Å². The molecule has 0 bridgehead atoms. The third kappa shape index (κ3) is 4.01. The molecule has 9 heteroatoms. The van der Waals surface area contributed by atoms with Crippen molar-refractivity contribution in [3.63, 3.8) is 0 Å². The number of nitrogens with one attached hydrogen (secondary N) is 1. The highest BCUT2D eigenvalue weighted by molar-refractivity contribution is 6.30. The Morgan fingerprint density at radius 1 is 1.11 bits per heavy atom. The Kier molecular flexibility index (Phi) is 5.70. The minimum atomic E-state index is -0.828.